The van der Waals surface area contributed by atoms with E-state index < -0.39 is 17.8 Å². The van der Waals surface area contributed by atoms with Gasteiger partial charge in [0, 0.05) is 6.20 Å². The maximum atomic E-state index is 13.1. The number of hydrogen-bond acceptors (Lipinski definition) is 4. The number of aromatic nitrogens is 3. The Hall–Kier alpha value is -4.08. The van der Waals surface area contributed by atoms with E-state index in [9.17, 15) is 18.0 Å². The molecule has 0 unspecified atom stereocenters. The lowest BCUT2D eigenvalue weighted by Gasteiger charge is -2.22. The summed E-state index contributed by atoms with van der Waals surface area (Å²) in [6.07, 6.45) is -2.95. The molecule has 152 valence electrons. The van der Waals surface area contributed by atoms with Crippen molar-refractivity contribution >= 4 is 34.3 Å². The lowest BCUT2D eigenvalue weighted by Crippen LogP contribution is -2.31. The van der Waals surface area contributed by atoms with Gasteiger partial charge in [0.25, 0.3) is 0 Å². The number of H-pyrrole nitrogens is 1. The lowest BCUT2D eigenvalue weighted by molar-refractivity contribution is -0.137. The summed E-state index contributed by atoms with van der Waals surface area (Å²) >= 11 is 0. The number of nitrogen functional groups attached to an aromatic ring is 1. The maximum Gasteiger partial charge on any atom is 0.416 e. The number of urea groups is 1. The van der Waals surface area contributed by atoms with E-state index >= 15 is 0 Å². The Morgan fingerprint density at radius 3 is 2.43 bits per heavy atom. The number of nitrogens with one attached hydrogen (secondary N) is 1. The zero-order valence-electron chi connectivity index (χ0n) is 15.3. The Balaban J connectivity index is 1.75. The molecule has 0 aliphatic heterocycles. The van der Waals surface area contributed by atoms with Crippen LogP contribution in [0, 0.1) is 0 Å². The summed E-state index contributed by atoms with van der Waals surface area (Å²) < 4.78 is 39.2. The van der Waals surface area contributed by atoms with E-state index in [2.05, 4.69) is 15.2 Å². The van der Waals surface area contributed by atoms with Crippen LogP contribution in [0.5, 0.6) is 0 Å². The van der Waals surface area contributed by atoms with E-state index in [1.165, 1.54) is 12.1 Å². The third kappa shape index (κ3) is 3.39. The van der Waals surface area contributed by atoms with Gasteiger partial charge in [0.05, 0.1) is 22.3 Å². The second kappa shape index (κ2) is 7.07. The smallest absolute Gasteiger partial charge is 0.383 e. The molecule has 0 aliphatic rings. The normalized spacial score (nSPS) is 11.6. The summed E-state index contributed by atoms with van der Waals surface area (Å²) in [6, 6.07) is 11.8. The number of carbonyl (C=O) groups excluding carboxylic acids is 1. The molecule has 2 amide bonds. The number of anilines is 3. The minimum atomic E-state index is -4.54. The molecule has 0 radical (unpaired) electrons. The van der Waals surface area contributed by atoms with E-state index in [0.29, 0.717) is 22.5 Å². The SMILES string of the molecule is NC(=O)N(c1ccc(-c2ccnc3n[nH]c(N)c23)cc1)c1cccc(C(F)(F)F)c1. The number of alkyl halides is 3. The fourth-order valence-electron chi connectivity index (χ4n) is 3.23. The van der Waals surface area contributed by atoms with E-state index in [1.807, 2.05) is 0 Å². The molecular formula is C20H15F3N6O. The van der Waals surface area contributed by atoms with E-state index in [-0.39, 0.29) is 5.69 Å². The van der Waals surface area contributed by atoms with Crippen molar-refractivity contribution in [2.24, 2.45) is 5.73 Å². The first-order valence-electron chi connectivity index (χ1n) is 8.71. The van der Waals surface area contributed by atoms with Crippen LogP contribution >= 0.6 is 0 Å². The van der Waals surface area contributed by atoms with Crippen molar-refractivity contribution in [3.05, 3.63) is 66.4 Å². The number of hydrogen-bond donors (Lipinski definition) is 3. The second-order valence-electron chi connectivity index (χ2n) is 6.46. The minimum Gasteiger partial charge on any atom is -0.383 e. The second-order valence-corrected chi connectivity index (χ2v) is 6.46. The lowest BCUT2D eigenvalue weighted by atomic mass is 10.0. The number of primary amides is 1. The molecule has 0 atom stereocenters. The van der Waals surface area contributed by atoms with Gasteiger partial charge < -0.3 is 11.5 Å². The summed E-state index contributed by atoms with van der Waals surface area (Å²) in [7, 11) is 0. The minimum absolute atomic E-state index is 0.00968. The van der Waals surface area contributed by atoms with Gasteiger partial charge in [0.15, 0.2) is 5.65 Å². The Morgan fingerprint density at radius 2 is 1.77 bits per heavy atom. The summed E-state index contributed by atoms with van der Waals surface area (Å²) in [5, 5.41) is 7.34. The molecule has 0 aliphatic carbocycles. The van der Waals surface area contributed by atoms with Crippen LogP contribution in [0.3, 0.4) is 0 Å². The molecule has 0 saturated carbocycles. The molecule has 4 aromatic rings. The van der Waals surface area contributed by atoms with Crippen molar-refractivity contribution in [2.75, 3.05) is 10.6 Å². The summed E-state index contributed by atoms with van der Waals surface area (Å²) in [5.41, 5.74) is 12.8. The molecule has 0 spiro atoms. The average Bonchev–Trinajstić information content (AvgIpc) is 3.09. The number of pyridine rings is 1. The zero-order valence-corrected chi connectivity index (χ0v) is 15.3. The summed E-state index contributed by atoms with van der Waals surface area (Å²) in [5.74, 6) is 0.361. The van der Waals surface area contributed by atoms with Crippen molar-refractivity contribution in [2.45, 2.75) is 6.18 Å². The zero-order chi connectivity index (χ0) is 21.5. The highest BCUT2D eigenvalue weighted by Crippen LogP contribution is 2.35. The number of nitrogens with zero attached hydrogens (tertiary/aromatic N) is 3. The standard InChI is InChI=1S/C20H15F3N6O/c21-20(22,23)12-2-1-3-14(10-12)29(19(25)30)13-6-4-11(5-7-13)15-8-9-26-18-16(15)17(24)27-28-18/h1-10H,(H2,25,30)(H3,24,26,27,28). The molecule has 0 bridgehead atoms. The maximum absolute atomic E-state index is 13.1. The fraction of sp³-hybridized carbons (Fsp3) is 0.0500. The van der Waals surface area contributed by atoms with E-state index in [4.69, 9.17) is 11.5 Å². The van der Waals surface area contributed by atoms with E-state index in [1.54, 1.807) is 36.5 Å². The van der Waals surface area contributed by atoms with Crippen LogP contribution in [0.4, 0.5) is 35.2 Å². The van der Waals surface area contributed by atoms with Crippen LogP contribution in [-0.4, -0.2) is 21.2 Å². The molecule has 30 heavy (non-hydrogen) atoms. The molecular weight excluding hydrogens is 397 g/mol. The van der Waals surface area contributed by atoms with Crippen molar-refractivity contribution in [3.8, 4) is 11.1 Å². The van der Waals surface area contributed by atoms with Gasteiger partial charge in [0.2, 0.25) is 0 Å². The van der Waals surface area contributed by atoms with Gasteiger partial charge in [-0.1, -0.05) is 18.2 Å². The Labute approximate surface area is 168 Å². The molecule has 10 heteroatoms. The van der Waals surface area contributed by atoms with Gasteiger partial charge in [-0.2, -0.15) is 18.3 Å². The predicted octanol–water partition coefficient (Wildman–Crippen LogP) is 4.44. The number of aromatic amines is 1. The third-order valence-corrected chi connectivity index (χ3v) is 4.57. The molecule has 2 aromatic heterocycles. The van der Waals surface area contributed by atoms with Gasteiger partial charge in [-0.05, 0) is 47.5 Å². The Bertz CT molecular complexity index is 1230. The number of rotatable bonds is 3. The molecule has 2 heterocycles. The van der Waals surface area contributed by atoms with Crippen LogP contribution in [0.1, 0.15) is 5.56 Å². The highest BCUT2D eigenvalue weighted by molar-refractivity contribution is 6.01. The quantitative estimate of drug-likeness (QED) is 0.461. The molecule has 7 nitrogen and oxygen atoms in total. The van der Waals surface area contributed by atoms with Crippen LogP contribution in [-0.2, 0) is 6.18 Å². The molecule has 2 aromatic carbocycles. The molecule has 4 rings (SSSR count). The molecule has 0 fully saturated rings. The third-order valence-electron chi connectivity index (χ3n) is 4.57. The van der Waals surface area contributed by atoms with Gasteiger partial charge in [-0.15, -0.1) is 0 Å². The fourth-order valence-corrected chi connectivity index (χ4v) is 3.23. The summed E-state index contributed by atoms with van der Waals surface area (Å²) in [6.45, 7) is 0. The molecule has 5 N–H and O–H groups in total. The van der Waals surface area contributed by atoms with Crippen molar-refractivity contribution in [1.82, 2.24) is 15.2 Å². The van der Waals surface area contributed by atoms with Gasteiger partial charge in [-0.25, -0.2) is 9.78 Å². The van der Waals surface area contributed by atoms with Crippen LogP contribution in [0.15, 0.2) is 60.8 Å². The van der Waals surface area contributed by atoms with Crippen LogP contribution < -0.4 is 16.4 Å². The van der Waals surface area contributed by atoms with Crippen LogP contribution in [0.25, 0.3) is 22.2 Å². The van der Waals surface area contributed by atoms with E-state index in [0.717, 1.165) is 28.2 Å². The number of benzene rings is 2. The van der Waals surface area contributed by atoms with Crippen LogP contribution in [0.2, 0.25) is 0 Å². The van der Waals surface area contributed by atoms with Crippen molar-refractivity contribution in [1.29, 1.82) is 0 Å². The van der Waals surface area contributed by atoms with Gasteiger partial charge >= 0.3 is 12.2 Å². The first kappa shape index (κ1) is 19.2. The highest BCUT2D eigenvalue weighted by Gasteiger charge is 2.31. The number of nitrogens with two attached hydrogens (primary N) is 2. The molecule has 0 saturated heterocycles. The number of fused-ring (bicyclic) bond motifs is 1. The topological polar surface area (TPSA) is 114 Å². The number of amides is 2. The van der Waals surface area contributed by atoms with Crippen molar-refractivity contribution < 1.29 is 18.0 Å². The number of halogens is 3. The Kier molecular flexibility index (Phi) is 4.53. The Morgan fingerprint density at radius 1 is 1.03 bits per heavy atom. The summed E-state index contributed by atoms with van der Waals surface area (Å²) in [4.78, 5) is 17.2. The highest BCUT2D eigenvalue weighted by atomic mass is 19.4. The first-order valence-corrected chi connectivity index (χ1v) is 8.71. The predicted molar refractivity (Wildman–Crippen MR) is 107 cm³/mol. The largest absolute Gasteiger partial charge is 0.416 e. The monoisotopic (exact) mass is 412 g/mol. The van der Waals surface area contributed by atoms with Gasteiger partial charge in [0.1, 0.15) is 5.82 Å². The first-order chi connectivity index (χ1) is 14.3. The van der Waals surface area contributed by atoms with Crippen molar-refractivity contribution in [3.63, 3.8) is 0 Å². The van der Waals surface area contributed by atoms with Gasteiger partial charge in [-0.3, -0.25) is 10.00 Å². The number of carbonyl (C=O) groups is 1. The average molecular weight is 412 g/mol.